The maximum atomic E-state index is 8.77. The molecule has 4 heteroatoms. The van der Waals surface area contributed by atoms with Crippen molar-refractivity contribution < 1.29 is 0 Å². The molecule has 0 radical (unpaired) electrons. The molecule has 0 aromatic carbocycles. The van der Waals surface area contributed by atoms with E-state index in [2.05, 4.69) is 61.1 Å². The number of hydrogen-bond acceptors (Lipinski definition) is 4. The van der Waals surface area contributed by atoms with E-state index in [0.717, 1.165) is 25.5 Å². The highest BCUT2D eigenvalue weighted by Gasteiger charge is 2.11. The van der Waals surface area contributed by atoms with Crippen LogP contribution in [0.1, 0.15) is 45.7 Å². The van der Waals surface area contributed by atoms with Crippen molar-refractivity contribution in [1.82, 2.24) is 10.3 Å². The summed E-state index contributed by atoms with van der Waals surface area (Å²) in [6.45, 7) is 11.2. The summed E-state index contributed by atoms with van der Waals surface area (Å²) in [4.78, 5) is 6.75. The fourth-order valence-electron chi connectivity index (χ4n) is 2.19. The Kier molecular flexibility index (Phi) is 7.03. The van der Waals surface area contributed by atoms with Gasteiger partial charge in [0, 0.05) is 25.3 Å². The van der Waals surface area contributed by atoms with Gasteiger partial charge in [0.1, 0.15) is 5.82 Å². The van der Waals surface area contributed by atoms with E-state index in [9.17, 15) is 0 Å². The second kappa shape index (κ2) is 8.55. The second-order valence-electron chi connectivity index (χ2n) is 5.48. The highest BCUT2D eigenvalue weighted by atomic mass is 15.2. The minimum Gasteiger partial charge on any atom is -0.355 e. The lowest BCUT2D eigenvalue weighted by Crippen LogP contribution is -2.29. The minimum absolute atomic E-state index is 0.319. The summed E-state index contributed by atoms with van der Waals surface area (Å²) in [5.41, 5.74) is 1.19. The van der Waals surface area contributed by atoms with Gasteiger partial charge < -0.3 is 10.2 Å². The molecule has 1 unspecified atom stereocenters. The molecule has 0 aliphatic rings. The molecule has 1 aromatic heterocycles. The molecule has 0 saturated carbocycles. The SMILES string of the molecule is CCNC(C)c1ccc(N(CCC#N)CC(C)C)nc1. The Morgan fingerprint density at radius 1 is 1.35 bits per heavy atom. The Morgan fingerprint density at radius 3 is 2.60 bits per heavy atom. The Morgan fingerprint density at radius 2 is 2.10 bits per heavy atom. The number of rotatable bonds is 8. The van der Waals surface area contributed by atoms with E-state index < -0.39 is 0 Å². The van der Waals surface area contributed by atoms with Crippen LogP contribution in [0.2, 0.25) is 0 Å². The zero-order valence-electron chi connectivity index (χ0n) is 13.1. The number of aromatic nitrogens is 1. The van der Waals surface area contributed by atoms with Gasteiger partial charge in [-0.25, -0.2) is 4.98 Å². The molecule has 110 valence electrons. The molecule has 4 nitrogen and oxygen atoms in total. The third-order valence-electron chi connectivity index (χ3n) is 3.18. The number of pyridine rings is 1. The summed E-state index contributed by atoms with van der Waals surface area (Å²) in [5.74, 6) is 1.51. The molecule has 20 heavy (non-hydrogen) atoms. The molecule has 1 heterocycles. The molecular weight excluding hydrogens is 248 g/mol. The maximum absolute atomic E-state index is 8.77. The topological polar surface area (TPSA) is 52.0 Å². The van der Waals surface area contributed by atoms with Gasteiger partial charge in [-0.2, -0.15) is 5.26 Å². The second-order valence-corrected chi connectivity index (χ2v) is 5.48. The molecule has 1 aromatic rings. The first-order valence-corrected chi connectivity index (χ1v) is 7.39. The van der Waals surface area contributed by atoms with Gasteiger partial charge in [-0.3, -0.25) is 0 Å². The van der Waals surface area contributed by atoms with E-state index in [1.54, 1.807) is 0 Å². The third-order valence-corrected chi connectivity index (χ3v) is 3.18. The molecule has 0 fully saturated rings. The van der Waals surface area contributed by atoms with Gasteiger partial charge in [0.2, 0.25) is 0 Å². The lowest BCUT2D eigenvalue weighted by Gasteiger charge is -2.25. The lowest BCUT2D eigenvalue weighted by atomic mass is 10.1. The van der Waals surface area contributed by atoms with Crippen LogP contribution in [0.4, 0.5) is 5.82 Å². The highest BCUT2D eigenvalue weighted by molar-refractivity contribution is 5.40. The van der Waals surface area contributed by atoms with Crippen LogP contribution in [0.5, 0.6) is 0 Å². The van der Waals surface area contributed by atoms with Crippen LogP contribution in [-0.4, -0.2) is 24.6 Å². The van der Waals surface area contributed by atoms with E-state index in [0.29, 0.717) is 18.4 Å². The Hall–Kier alpha value is -1.60. The average molecular weight is 274 g/mol. The summed E-state index contributed by atoms with van der Waals surface area (Å²) in [5, 5.41) is 12.1. The minimum atomic E-state index is 0.319. The molecule has 0 spiro atoms. The molecule has 0 aliphatic carbocycles. The van der Waals surface area contributed by atoms with Crippen LogP contribution >= 0.6 is 0 Å². The number of anilines is 1. The first kappa shape index (κ1) is 16.5. The Balaban J connectivity index is 2.78. The molecule has 1 atom stereocenters. The van der Waals surface area contributed by atoms with Crippen molar-refractivity contribution in [2.75, 3.05) is 24.5 Å². The van der Waals surface area contributed by atoms with Gasteiger partial charge in [0.25, 0.3) is 0 Å². The summed E-state index contributed by atoms with van der Waals surface area (Å²) >= 11 is 0. The van der Waals surface area contributed by atoms with Crippen LogP contribution in [0.25, 0.3) is 0 Å². The van der Waals surface area contributed by atoms with Crippen molar-refractivity contribution in [3.63, 3.8) is 0 Å². The summed E-state index contributed by atoms with van der Waals surface area (Å²) in [7, 11) is 0. The van der Waals surface area contributed by atoms with Crippen molar-refractivity contribution in [3.05, 3.63) is 23.9 Å². The molecule has 0 aliphatic heterocycles. The fourth-order valence-corrected chi connectivity index (χ4v) is 2.19. The Labute approximate surface area is 122 Å². The summed E-state index contributed by atoms with van der Waals surface area (Å²) in [6.07, 6.45) is 2.46. The molecule has 0 amide bonds. The van der Waals surface area contributed by atoms with E-state index in [4.69, 9.17) is 5.26 Å². The van der Waals surface area contributed by atoms with E-state index in [1.807, 2.05) is 6.20 Å². The lowest BCUT2D eigenvalue weighted by molar-refractivity contribution is 0.592. The van der Waals surface area contributed by atoms with Crippen LogP contribution < -0.4 is 10.2 Å². The monoisotopic (exact) mass is 274 g/mol. The van der Waals surface area contributed by atoms with E-state index >= 15 is 0 Å². The van der Waals surface area contributed by atoms with E-state index in [1.165, 1.54) is 5.56 Å². The maximum Gasteiger partial charge on any atom is 0.128 e. The number of hydrogen-bond donors (Lipinski definition) is 1. The number of nitrogens with one attached hydrogen (secondary N) is 1. The van der Waals surface area contributed by atoms with Crippen molar-refractivity contribution in [2.45, 2.75) is 40.2 Å². The van der Waals surface area contributed by atoms with Gasteiger partial charge >= 0.3 is 0 Å². The average Bonchev–Trinajstić information content (AvgIpc) is 2.43. The fraction of sp³-hybridized carbons (Fsp3) is 0.625. The van der Waals surface area contributed by atoms with Crippen LogP contribution in [-0.2, 0) is 0 Å². The molecular formula is C16H26N4. The standard InChI is InChI=1S/C16H26N4/c1-5-18-14(4)15-7-8-16(19-11-15)20(10-6-9-17)12-13(2)3/h7-8,11,13-14,18H,5-6,10,12H2,1-4H3. The van der Waals surface area contributed by atoms with Crippen molar-refractivity contribution in [1.29, 1.82) is 5.26 Å². The van der Waals surface area contributed by atoms with Gasteiger partial charge in [-0.1, -0.05) is 26.8 Å². The summed E-state index contributed by atoms with van der Waals surface area (Å²) in [6, 6.07) is 6.71. The van der Waals surface area contributed by atoms with Crippen molar-refractivity contribution in [3.8, 4) is 6.07 Å². The van der Waals surface area contributed by atoms with Gasteiger partial charge in [-0.15, -0.1) is 0 Å². The highest BCUT2D eigenvalue weighted by Crippen LogP contribution is 2.17. The first-order chi connectivity index (χ1) is 9.58. The zero-order valence-corrected chi connectivity index (χ0v) is 13.1. The zero-order chi connectivity index (χ0) is 15.0. The summed E-state index contributed by atoms with van der Waals surface area (Å²) < 4.78 is 0. The molecule has 0 bridgehead atoms. The van der Waals surface area contributed by atoms with Crippen molar-refractivity contribution >= 4 is 5.82 Å². The quantitative estimate of drug-likeness (QED) is 0.791. The largest absolute Gasteiger partial charge is 0.355 e. The number of nitrogens with zero attached hydrogens (tertiary/aromatic N) is 3. The first-order valence-electron chi connectivity index (χ1n) is 7.39. The molecule has 1 N–H and O–H groups in total. The van der Waals surface area contributed by atoms with Crippen molar-refractivity contribution in [2.24, 2.45) is 5.92 Å². The predicted octanol–water partition coefficient (Wildman–Crippen LogP) is 3.13. The van der Waals surface area contributed by atoms with E-state index in [-0.39, 0.29) is 0 Å². The van der Waals surface area contributed by atoms with Crippen LogP contribution in [0.3, 0.4) is 0 Å². The van der Waals surface area contributed by atoms with Crippen LogP contribution in [0.15, 0.2) is 18.3 Å². The molecule has 1 rings (SSSR count). The third kappa shape index (κ3) is 5.18. The normalized spacial score (nSPS) is 12.2. The van der Waals surface area contributed by atoms with Gasteiger partial charge in [-0.05, 0) is 31.0 Å². The van der Waals surface area contributed by atoms with Crippen LogP contribution in [0, 0.1) is 17.2 Å². The molecule has 0 saturated heterocycles. The predicted molar refractivity (Wildman–Crippen MR) is 83.6 cm³/mol. The van der Waals surface area contributed by atoms with Gasteiger partial charge in [0.15, 0.2) is 0 Å². The van der Waals surface area contributed by atoms with Gasteiger partial charge in [0.05, 0.1) is 12.5 Å². The Bertz CT molecular complexity index is 419. The smallest absolute Gasteiger partial charge is 0.128 e. The number of nitriles is 1.